The van der Waals surface area contributed by atoms with Gasteiger partial charge in [0.15, 0.2) is 11.5 Å². The first-order chi connectivity index (χ1) is 21.5. The van der Waals surface area contributed by atoms with Gasteiger partial charge in [0.1, 0.15) is 11.1 Å². The number of hydrogen-bond acceptors (Lipinski definition) is 8. The molecule has 2 aromatic carbocycles. The molecular formula is C32H31F3N8O2. The van der Waals surface area contributed by atoms with Crippen molar-refractivity contribution in [3.63, 3.8) is 0 Å². The first-order valence-corrected chi connectivity index (χ1v) is 14.4. The lowest BCUT2D eigenvalue weighted by Gasteiger charge is -2.32. The summed E-state index contributed by atoms with van der Waals surface area (Å²) in [6.45, 7) is 5.35. The van der Waals surface area contributed by atoms with Crippen LogP contribution in [0.3, 0.4) is 0 Å². The Labute approximate surface area is 257 Å². The lowest BCUT2D eigenvalue weighted by atomic mass is 10.1. The molecular weight excluding hydrogens is 585 g/mol. The topological polar surface area (TPSA) is 101 Å². The Morgan fingerprint density at radius 2 is 1.80 bits per heavy atom. The predicted octanol–water partition coefficient (Wildman–Crippen LogP) is 5.54. The maximum absolute atomic E-state index is 13.8. The van der Waals surface area contributed by atoms with Crippen molar-refractivity contribution in [2.24, 2.45) is 7.05 Å². The Hall–Kier alpha value is -4.88. The van der Waals surface area contributed by atoms with Gasteiger partial charge in [-0.1, -0.05) is 6.07 Å². The lowest BCUT2D eigenvalue weighted by Crippen LogP contribution is -2.43. The van der Waals surface area contributed by atoms with Crippen LogP contribution in [0.5, 0.6) is 11.6 Å². The van der Waals surface area contributed by atoms with Gasteiger partial charge >= 0.3 is 6.18 Å². The number of amides is 1. The molecule has 232 valence electrons. The molecule has 5 aromatic rings. The molecule has 4 heterocycles. The molecule has 1 saturated heterocycles. The lowest BCUT2D eigenvalue weighted by molar-refractivity contribution is -0.137. The van der Waals surface area contributed by atoms with Gasteiger partial charge < -0.3 is 15.0 Å². The van der Waals surface area contributed by atoms with Gasteiger partial charge in [-0.3, -0.25) is 19.4 Å². The number of likely N-dealkylation sites (N-methyl/N-ethyl adjacent to an activating group) is 1. The minimum atomic E-state index is -4.56. The number of fused-ring (bicyclic) bond motifs is 1. The summed E-state index contributed by atoms with van der Waals surface area (Å²) in [7, 11) is 3.77. The maximum Gasteiger partial charge on any atom is 0.416 e. The number of pyridine rings is 1. The molecule has 45 heavy (non-hydrogen) atoms. The molecule has 0 saturated carbocycles. The first kappa shape index (κ1) is 30.2. The maximum atomic E-state index is 13.8. The SMILES string of the molecule is Cc1ccc(C(=O)Nc2cc(CN3CCN(C)CC3)cc(C(F)(F)F)c2)cc1Oc1nc(-c2cccnc2)nc2c1cnn2C. The highest BCUT2D eigenvalue weighted by atomic mass is 19.4. The zero-order chi connectivity index (χ0) is 31.7. The zero-order valence-electron chi connectivity index (χ0n) is 25.0. The monoisotopic (exact) mass is 616 g/mol. The fraction of sp³-hybridized carbons (Fsp3) is 0.281. The molecule has 1 N–H and O–H groups in total. The van der Waals surface area contributed by atoms with E-state index in [1.165, 1.54) is 6.07 Å². The molecule has 3 aromatic heterocycles. The van der Waals surface area contributed by atoms with E-state index in [4.69, 9.17) is 4.74 Å². The molecule has 0 spiro atoms. The molecule has 0 aliphatic carbocycles. The van der Waals surface area contributed by atoms with E-state index in [1.54, 1.807) is 54.6 Å². The number of aryl methyl sites for hydroxylation is 2. The van der Waals surface area contributed by atoms with Crippen molar-refractivity contribution in [1.82, 2.24) is 34.5 Å². The Morgan fingerprint density at radius 1 is 1.00 bits per heavy atom. The summed E-state index contributed by atoms with van der Waals surface area (Å²) in [5.41, 5.74) is 1.88. The Bertz CT molecular complexity index is 1850. The van der Waals surface area contributed by atoms with Crippen LogP contribution in [-0.2, 0) is 19.8 Å². The Morgan fingerprint density at radius 3 is 2.53 bits per heavy atom. The third-order valence-corrected chi connectivity index (χ3v) is 7.71. The summed E-state index contributed by atoms with van der Waals surface area (Å²) in [4.78, 5) is 31.0. The highest BCUT2D eigenvalue weighted by Gasteiger charge is 2.32. The van der Waals surface area contributed by atoms with Crippen molar-refractivity contribution >= 4 is 22.6 Å². The van der Waals surface area contributed by atoms with E-state index in [2.05, 4.69) is 35.2 Å². The smallest absolute Gasteiger partial charge is 0.416 e. The summed E-state index contributed by atoms with van der Waals surface area (Å²) in [6.07, 6.45) is 0.322. The summed E-state index contributed by atoms with van der Waals surface area (Å²) in [5, 5.41) is 7.52. The number of alkyl halides is 3. The van der Waals surface area contributed by atoms with E-state index in [1.807, 2.05) is 20.0 Å². The number of hydrogen-bond donors (Lipinski definition) is 1. The third-order valence-electron chi connectivity index (χ3n) is 7.71. The largest absolute Gasteiger partial charge is 0.438 e. The number of carbonyl (C=O) groups is 1. The average molecular weight is 617 g/mol. The van der Waals surface area contributed by atoms with Crippen molar-refractivity contribution in [3.05, 3.63) is 89.4 Å². The van der Waals surface area contributed by atoms with Crippen LogP contribution in [-0.4, -0.2) is 73.7 Å². The molecule has 0 radical (unpaired) electrons. The number of rotatable bonds is 7. The molecule has 13 heteroatoms. The fourth-order valence-electron chi connectivity index (χ4n) is 5.14. The Kier molecular flexibility index (Phi) is 8.21. The number of carbonyl (C=O) groups excluding carboxylic acids is 1. The van der Waals surface area contributed by atoms with Gasteiger partial charge in [-0.05, 0) is 67.6 Å². The summed E-state index contributed by atoms with van der Waals surface area (Å²) >= 11 is 0. The molecule has 1 amide bonds. The second-order valence-corrected chi connectivity index (χ2v) is 11.1. The number of piperazine rings is 1. The second-order valence-electron chi connectivity index (χ2n) is 11.1. The van der Waals surface area contributed by atoms with Crippen LogP contribution in [0, 0.1) is 6.92 Å². The van der Waals surface area contributed by atoms with Gasteiger partial charge in [0.05, 0.1) is 11.8 Å². The number of ether oxygens (including phenoxy) is 1. The van der Waals surface area contributed by atoms with Gasteiger partial charge in [-0.15, -0.1) is 0 Å². The van der Waals surface area contributed by atoms with E-state index in [0.29, 0.717) is 40.3 Å². The van der Waals surface area contributed by atoms with E-state index in [0.717, 1.165) is 43.9 Å². The van der Waals surface area contributed by atoms with Crippen molar-refractivity contribution in [2.75, 3.05) is 38.5 Å². The predicted molar refractivity (Wildman–Crippen MR) is 163 cm³/mol. The Balaban J connectivity index is 1.27. The van der Waals surface area contributed by atoms with Gasteiger partial charge in [0, 0.05) is 69.0 Å². The fourth-order valence-corrected chi connectivity index (χ4v) is 5.14. The van der Waals surface area contributed by atoms with Crippen LogP contribution < -0.4 is 10.1 Å². The molecule has 1 fully saturated rings. The van der Waals surface area contributed by atoms with Crippen LogP contribution in [0.4, 0.5) is 18.9 Å². The minimum Gasteiger partial charge on any atom is -0.438 e. The van der Waals surface area contributed by atoms with Crippen molar-refractivity contribution in [3.8, 4) is 23.0 Å². The highest BCUT2D eigenvalue weighted by molar-refractivity contribution is 6.04. The first-order valence-electron chi connectivity index (χ1n) is 14.4. The number of anilines is 1. The van der Waals surface area contributed by atoms with E-state index in [9.17, 15) is 18.0 Å². The second kappa shape index (κ2) is 12.3. The third kappa shape index (κ3) is 6.79. The molecule has 10 nitrogen and oxygen atoms in total. The molecule has 0 atom stereocenters. The van der Waals surface area contributed by atoms with Crippen molar-refractivity contribution in [1.29, 1.82) is 0 Å². The van der Waals surface area contributed by atoms with E-state index < -0.39 is 17.6 Å². The summed E-state index contributed by atoms with van der Waals surface area (Å²) < 4.78 is 49.3. The summed E-state index contributed by atoms with van der Waals surface area (Å²) in [5.74, 6) is 0.398. The van der Waals surface area contributed by atoms with E-state index in [-0.39, 0.29) is 17.1 Å². The number of aromatic nitrogens is 5. The van der Waals surface area contributed by atoms with Crippen LogP contribution in [0.25, 0.3) is 22.4 Å². The molecule has 0 bridgehead atoms. The van der Waals surface area contributed by atoms with Crippen LogP contribution in [0.15, 0.2) is 67.1 Å². The molecule has 0 unspecified atom stereocenters. The summed E-state index contributed by atoms with van der Waals surface area (Å²) in [6, 6.07) is 12.1. The molecule has 6 rings (SSSR count). The van der Waals surface area contributed by atoms with Gasteiger partial charge in [0.25, 0.3) is 5.91 Å². The normalized spacial score (nSPS) is 14.5. The van der Waals surface area contributed by atoms with Crippen molar-refractivity contribution < 1.29 is 22.7 Å². The highest BCUT2D eigenvalue weighted by Crippen LogP contribution is 2.34. The number of nitrogens with one attached hydrogen (secondary N) is 1. The molecule has 1 aliphatic heterocycles. The van der Waals surface area contributed by atoms with Crippen LogP contribution >= 0.6 is 0 Å². The minimum absolute atomic E-state index is 0.0657. The number of halogens is 3. The van der Waals surface area contributed by atoms with Crippen LogP contribution in [0.2, 0.25) is 0 Å². The van der Waals surface area contributed by atoms with Gasteiger partial charge in [-0.25, -0.2) is 4.98 Å². The molecule has 1 aliphatic rings. The van der Waals surface area contributed by atoms with E-state index >= 15 is 0 Å². The van der Waals surface area contributed by atoms with Gasteiger partial charge in [-0.2, -0.15) is 23.3 Å². The standard InChI is InChI=1S/C32H31F3N8O2/c1-20-6-7-22(15-27(20)45-31-26-18-37-42(3)29(26)39-28(40-31)23-5-4-8-36-17-23)30(44)38-25-14-21(13-24(16-25)32(33,34)35)19-43-11-9-41(2)10-12-43/h4-8,13-18H,9-12,19H2,1-3H3,(H,38,44). The van der Waals surface area contributed by atoms with Gasteiger partial charge in [0.2, 0.25) is 5.88 Å². The zero-order valence-corrected chi connectivity index (χ0v) is 25.0. The van der Waals surface area contributed by atoms with Crippen LogP contribution in [0.1, 0.15) is 27.0 Å². The number of nitrogens with zero attached hydrogens (tertiary/aromatic N) is 7. The average Bonchev–Trinajstić information content (AvgIpc) is 3.40. The quantitative estimate of drug-likeness (QED) is 0.254. The number of benzene rings is 2. The van der Waals surface area contributed by atoms with Crippen molar-refractivity contribution in [2.45, 2.75) is 19.6 Å².